The minimum Gasteiger partial charge on any atom is -0.494 e. The second kappa shape index (κ2) is 11.5. The summed E-state index contributed by atoms with van der Waals surface area (Å²) in [5.41, 5.74) is 1.10. The van der Waals surface area contributed by atoms with Crippen LogP contribution >= 0.6 is 0 Å². The van der Waals surface area contributed by atoms with Gasteiger partial charge in [0.1, 0.15) is 30.2 Å². The smallest absolute Gasteiger partial charge is 0.190 e. The summed E-state index contributed by atoms with van der Waals surface area (Å²) in [5, 5.41) is 0. The van der Waals surface area contributed by atoms with Gasteiger partial charge in [0, 0.05) is 25.7 Å². The lowest BCUT2D eigenvalue weighted by atomic mass is 9.94. The van der Waals surface area contributed by atoms with Crippen molar-refractivity contribution in [1.82, 2.24) is 0 Å². The monoisotopic (exact) mass is 516 g/mol. The maximum atomic E-state index is 6.64. The van der Waals surface area contributed by atoms with Crippen molar-refractivity contribution in [2.24, 2.45) is 0 Å². The average molecular weight is 517 g/mol. The number of benzene rings is 1. The van der Waals surface area contributed by atoms with Gasteiger partial charge in [0.25, 0.3) is 0 Å². The van der Waals surface area contributed by atoms with Crippen LogP contribution in [0.15, 0.2) is 24.3 Å². The Morgan fingerprint density at radius 3 is 2.27 bits per heavy atom. The zero-order chi connectivity index (χ0) is 25.1. The molecule has 5 fully saturated rings. The number of ether oxygens (including phenoxy) is 7. The van der Waals surface area contributed by atoms with Crippen LogP contribution in [0.3, 0.4) is 0 Å². The molecule has 1 aromatic carbocycles. The van der Waals surface area contributed by atoms with E-state index >= 15 is 0 Å². The van der Waals surface area contributed by atoms with Gasteiger partial charge in [-0.15, -0.1) is 0 Å². The van der Waals surface area contributed by atoms with Crippen molar-refractivity contribution >= 4 is 0 Å². The molecule has 1 aromatic rings. The molecule has 5 aliphatic rings. The van der Waals surface area contributed by atoms with Crippen molar-refractivity contribution in [3.8, 4) is 5.75 Å². The lowest BCUT2D eigenvalue weighted by Gasteiger charge is -2.35. The first-order valence-electron chi connectivity index (χ1n) is 14.8. The highest BCUT2D eigenvalue weighted by atomic mass is 16.9. The van der Waals surface area contributed by atoms with Crippen LogP contribution in [0.2, 0.25) is 0 Å². The van der Waals surface area contributed by atoms with Gasteiger partial charge in [-0.05, 0) is 49.8 Å². The van der Waals surface area contributed by atoms with Crippen LogP contribution in [0.1, 0.15) is 96.0 Å². The Kier molecular flexibility index (Phi) is 8.08. The largest absolute Gasteiger partial charge is 0.494 e. The van der Waals surface area contributed by atoms with Gasteiger partial charge in [0.05, 0.1) is 19.8 Å². The Hall–Kier alpha value is -1.22. The Bertz CT molecular complexity index is 861. The molecule has 3 aliphatic heterocycles. The summed E-state index contributed by atoms with van der Waals surface area (Å²) in [4.78, 5) is 0. The predicted octanol–water partition coefficient (Wildman–Crippen LogP) is 6.02. The molecule has 0 aromatic heterocycles. The van der Waals surface area contributed by atoms with E-state index in [1.807, 2.05) is 12.1 Å². The molecule has 37 heavy (non-hydrogen) atoms. The molecule has 2 aliphatic carbocycles. The molecule has 0 N–H and O–H groups in total. The van der Waals surface area contributed by atoms with Crippen LogP contribution in [0, 0.1) is 0 Å². The highest BCUT2D eigenvalue weighted by Gasteiger charge is 2.61. The van der Waals surface area contributed by atoms with Gasteiger partial charge in [-0.2, -0.15) is 0 Å². The molecule has 7 heteroatoms. The molecule has 3 saturated heterocycles. The van der Waals surface area contributed by atoms with Crippen molar-refractivity contribution in [2.75, 3.05) is 13.2 Å². The van der Waals surface area contributed by atoms with Crippen molar-refractivity contribution in [2.45, 2.75) is 139 Å². The molecule has 6 rings (SSSR count). The fourth-order valence-electron chi connectivity index (χ4n) is 6.68. The van der Waals surface area contributed by atoms with Gasteiger partial charge < -0.3 is 33.2 Å². The number of hydrogen-bond donors (Lipinski definition) is 0. The molecular weight excluding hydrogens is 472 g/mol. The molecular formula is C30H44O7. The van der Waals surface area contributed by atoms with E-state index in [4.69, 9.17) is 33.2 Å². The number of fused-ring (bicyclic) bond motifs is 1. The minimum absolute atomic E-state index is 0.179. The number of unbranched alkanes of at least 4 members (excludes halogenated alkanes) is 2. The van der Waals surface area contributed by atoms with Crippen LogP contribution in [0.5, 0.6) is 5.75 Å². The third-order valence-corrected chi connectivity index (χ3v) is 8.75. The highest BCUT2D eigenvalue weighted by molar-refractivity contribution is 5.27. The molecule has 2 saturated carbocycles. The quantitative estimate of drug-likeness (QED) is 0.372. The zero-order valence-corrected chi connectivity index (χ0v) is 22.4. The van der Waals surface area contributed by atoms with E-state index in [0.29, 0.717) is 13.2 Å². The average Bonchev–Trinajstić information content (AvgIpc) is 3.58. The van der Waals surface area contributed by atoms with Gasteiger partial charge in [-0.1, -0.05) is 44.7 Å². The predicted molar refractivity (Wildman–Crippen MR) is 137 cm³/mol. The van der Waals surface area contributed by atoms with E-state index in [1.54, 1.807) is 0 Å². The third kappa shape index (κ3) is 5.73. The third-order valence-electron chi connectivity index (χ3n) is 8.75. The standard InChI is InChI=1S/C30H44O7/c1-2-3-10-19-31-23-13-11-22(12-14-23)20-32-26-25(24-21-33-29(35-24)15-6-4-7-16-29)34-28-27(26)36-30(37-28)17-8-5-9-18-30/h11-14,24-28H,2-10,15-21H2,1H3/t24?,25-,26+,27-,28-/m1/s1. The minimum atomic E-state index is -0.519. The van der Waals surface area contributed by atoms with Crippen LogP contribution in [-0.2, 0) is 35.0 Å². The van der Waals surface area contributed by atoms with Gasteiger partial charge in [-0.25, -0.2) is 0 Å². The Morgan fingerprint density at radius 2 is 1.54 bits per heavy atom. The highest BCUT2D eigenvalue weighted by Crippen LogP contribution is 2.48. The van der Waals surface area contributed by atoms with Crippen molar-refractivity contribution in [3.63, 3.8) is 0 Å². The second-order valence-corrected chi connectivity index (χ2v) is 11.6. The van der Waals surface area contributed by atoms with Crippen LogP contribution in [0.4, 0.5) is 0 Å². The summed E-state index contributed by atoms with van der Waals surface area (Å²) in [6.07, 6.45) is 12.9. The van der Waals surface area contributed by atoms with Gasteiger partial charge >= 0.3 is 0 Å². The summed E-state index contributed by atoms with van der Waals surface area (Å²) in [6.45, 7) is 3.96. The van der Waals surface area contributed by atoms with E-state index in [2.05, 4.69) is 19.1 Å². The lowest BCUT2D eigenvalue weighted by Crippen LogP contribution is -2.45. The van der Waals surface area contributed by atoms with E-state index in [9.17, 15) is 0 Å². The van der Waals surface area contributed by atoms with E-state index in [0.717, 1.165) is 75.7 Å². The Labute approximate surface area is 221 Å². The number of rotatable bonds is 9. The topological polar surface area (TPSA) is 64.6 Å². The van der Waals surface area contributed by atoms with Crippen molar-refractivity contribution in [3.05, 3.63) is 29.8 Å². The molecule has 206 valence electrons. The summed E-state index contributed by atoms with van der Waals surface area (Å²) >= 11 is 0. The SMILES string of the molecule is CCCCCOc1ccc(CO[C@@H]2[C@H]3OC4(CCCCC4)O[C@H]3O[C@@H]2C2COC3(CCCCC3)O2)cc1. The zero-order valence-electron chi connectivity index (χ0n) is 22.4. The molecule has 5 atom stereocenters. The molecule has 7 nitrogen and oxygen atoms in total. The lowest BCUT2D eigenvalue weighted by molar-refractivity contribution is -0.263. The van der Waals surface area contributed by atoms with Crippen LogP contribution in [0.25, 0.3) is 0 Å². The van der Waals surface area contributed by atoms with Crippen LogP contribution < -0.4 is 4.74 Å². The van der Waals surface area contributed by atoms with Gasteiger partial charge in [-0.3, -0.25) is 0 Å². The van der Waals surface area contributed by atoms with Crippen molar-refractivity contribution < 1.29 is 33.2 Å². The first-order valence-corrected chi connectivity index (χ1v) is 14.8. The molecule has 3 heterocycles. The van der Waals surface area contributed by atoms with E-state index in [1.165, 1.54) is 25.7 Å². The first kappa shape index (κ1) is 26.0. The van der Waals surface area contributed by atoms with E-state index in [-0.39, 0.29) is 24.4 Å². The van der Waals surface area contributed by atoms with Gasteiger partial charge in [0.15, 0.2) is 17.9 Å². The molecule has 0 bridgehead atoms. The van der Waals surface area contributed by atoms with Gasteiger partial charge in [0.2, 0.25) is 0 Å². The summed E-state index contributed by atoms with van der Waals surface area (Å²) in [5.74, 6) is -0.0643. The fraction of sp³-hybridized carbons (Fsp3) is 0.800. The normalized spacial score (nSPS) is 34.2. The molecule has 2 spiro atoms. The first-order chi connectivity index (χ1) is 18.2. The second-order valence-electron chi connectivity index (χ2n) is 11.6. The van der Waals surface area contributed by atoms with Crippen LogP contribution in [-0.4, -0.2) is 55.5 Å². The fourth-order valence-corrected chi connectivity index (χ4v) is 6.68. The maximum Gasteiger partial charge on any atom is 0.190 e. The molecule has 0 amide bonds. The summed E-state index contributed by atoms with van der Waals surface area (Å²) in [7, 11) is 0. The number of hydrogen-bond acceptors (Lipinski definition) is 7. The molecule has 0 radical (unpaired) electrons. The summed E-state index contributed by atoms with van der Waals surface area (Å²) < 4.78 is 44.9. The Morgan fingerprint density at radius 1 is 0.811 bits per heavy atom. The van der Waals surface area contributed by atoms with Crippen molar-refractivity contribution in [1.29, 1.82) is 0 Å². The molecule has 1 unspecified atom stereocenters. The van der Waals surface area contributed by atoms with E-state index < -0.39 is 17.9 Å². The maximum absolute atomic E-state index is 6.64. The Balaban J connectivity index is 1.11. The summed E-state index contributed by atoms with van der Waals surface area (Å²) in [6, 6.07) is 8.22.